The fourth-order valence-electron chi connectivity index (χ4n) is 2.04. The molecule has 0 aliphatic carbocycles. The molecule has 1 aromatic heterocycles. The Labute approximate surface area is 116 Å². The summed E-state index contributed by atoms with van der Waals surface area (Å²) in [6.07, 6.45) is 2.55. The quantitative estimate of drug-likeness (QED) is 0.800. The summed E-state index contributed by atoms with van der Waals surface area (Å²) in [5, 5.41) is 2.21. The van der Waals surface area contributed by atoms with Gasteiger partial charge in [-0.25, -0.2) is 4.98 Å². The predicted molar refractivity (Wildman–Crippen MR) is 77.3 cm³/mol. The molecule has 0 saturated carbocycles. The van der Waals surface area contributed by atoms with Gasteiger partial charge < -0.3 is 4.90 Å². The van der Waals surface area contributed by atoms with Crippen LogP contribution in [0.1, 0.15) is 39.4 Å². The van der Waals surface area contributed by atoms with Crippen LogP contribution in [-0.4, -0.2) is 27.8 Å². The SMILES string of the molecule is CC(C)(C)c1nsc(N2CCC(CCBr)C2)n1. The molecule has 0 aromatic carbocycles. The van der Waals surface area contributed by atoms with Crippen LogP contribution in [0.3, 0.4) is 0 Å². The van der Waals surface area contributed by atoms with Crippen molar-refractivity contribution in [2.24, 2.45) is 5.92 Å². The van der Waals surface area contributed by atoms with Gasteiger partial charge in [-0.05, 0) is 18.8 Å². The predicted octanol–water partition coefficient (Wildman–Crippen LogP) is 3.45. The van der Waals surface area contributed by atoms with Gasteiger partial charge in [0.1, 0.15) is 5.82 Å². The molecule has 96 valence electrons. The Kier molecular flexibility index (Phi) is 4.08. The second kappa shape index (κ2) is 5.22. The highest BCUT2D eigenvalue weighted by Gasteiger charge is 2.26. The Bertz CT molecular complexity index is 372. The van der Waals surface area contributed by atoms with Gasteiger partial charge in [0.05, 0.1) is 0 Å². The number of aromatic nitrogens is 2. The molecule has 2 rings (SSSR count). The highest BCUT2D eigenvalue weighted by molar-refractivity contribution is 9.09. The van der Waals surface area contributed by atoms with E-state index in [1.54, 1.807) is 11.5 Å². The first-order valence-corrected chi connectivity index (χ1v) is 8.05. The zero-order valence-electron chi connectivity index (χ0n) is 10.7. The van der Waals surface area contributed by atoms with Gasteiger partial charge in [0.25, 0.3) is 0 Å². The van der Waals surface area contributed by atoms with Crippen molar-refractivity contribution in [2.45, 2.75) is 39.0 Å². The molecule has 0 bridgehead atoms. The molecule has 0 spiro atoms. The zero-order valence-corrected chi connectivity index (χ0v) is 13.1. The number of anilines is 1. The number of rotatable bonds is 3. The summed E-state index contributed by atoms with van der Waals surface area (Å²) >= 11 is 5.07. The number of hydrogen-bond acceptors (Lipinski definition) is 4. The van der Waals surface area contributed by atoms with E-state index in [1.165, 1.54) is 12.8 Å². The van der Waals surface area contributed by atoms with Crippen LogP contribution < -0.4 is 4.90 Å². The van der Waals surface area contributed by atoms with Crippen LogP contribution in [-0.2, 0) is 5.41 Å². The zero-order chi connectivity index (χ0) is 12.5. The van der Waals surface area contributed by atoms with Crippen molar-refractivity contribution in [1.82, 2.24) is 9.36 Å². The second-order valence-electron chi connectivity index (χ2n) is 5.73. The van der Waals surface area contributed by atoms with Crippen molar-refractivity contribution in [2.75, 3.05) is 23.3 Å². The van der Waals surface area contributed by atoms with Gasteiger partial charge in [0, 0.05) is 35.4 Å². The standard InChI is InChI=1S/C12H20BrN3S/c1-12(2,3)10-14-11(17-15-10)16-7-5-9(8-16)4-6-13/h9H,4-8H2,1-3H3. The molecule has 1 aliphatic heterocycles. The number of hydrogen-bond donors (Lipinski definition) is 0. The number of halogens is 1. The first kappa shape index (κ1) is 13.3. The highest BCUT2D eigenvalue weighted by atomic mass is 79.9. The Morgan fingerprint density at radius 1 is 1.47 bits per heavy atom. The van der Waals surface area contributed by atoms with Crippen LogP contribution >= 0.6 is 27.5 Å². The Morgan fingerprint density at radius 2 is 2.24 bits per heavy atom. The number of alkyl halides is 1. The number of nitrogens with zero attached hydrogens (tertiary/aromatic N) is 3. The lowest BCUT2D eigenvalue weighted by molar-refractivity contribution is 0.553. The highest BCUT2D eigenvalue weighted by Crippen LogP contribution is 2.30. The topological polar surface area (TPSA) is 29.0 Å². The Morgan fingerprint density at radius 3 is 2.82 bits per heavy atom. The molecule has 2 heterocycles. The van der Waals surface area contributed by atoms with Gasteiger partial charge in [0.15, 0.2) is 0 Å². The fraction of sp³-hybridized carbons (Fsp3) is 0.833. The van der Waals surface area contributed by atoms with Crippen LogP contribution in [0.2, 0.25) is 0 Å². The minimum atomic E-state index is 0.0593. The maximum absolute atomic E-state index is 4.68. The third kappa shape index (κ3) is 3.19. The lowest BCUT2D eigenvalue weighted by Gasteiger charge is -2.15. The molecule has 5 heteroatoms. The average Bonchev–Trinajstić information content (AvgIpc) is 2.82. The molecule has 0 amide bonds. The molecule has 1 unspecified atom stereocenters. The van der Waals surface area contributed by atoms with Crippen LogP contribution in [0.4, 0.5) is 5.13 Å². The molecule has 1 atom stereocenters. The van der Waals surface area contributed by atoms with Crippen LogP contribution in [0.25, 0.3) is 0 Å². The van der Waals surface area contributed by atoms with Gasteiger partial charge in [0.2, 0.25) is 5.13 Å². The largest absolute Gasteiger partial charge is 0.347 e. The van der Waals surface area contributed by atoms with Gasteiger partial charge in [-0.1, -0.05) is 36.7 Å². The summed E-state index contributed by atoms with van der Waals surface area (Å²) in [4.78, 5) is 7.07. The smallest absolute Gasteiger partial charge is 0.205 e. The molecular formula is C12H20BrN3S. The van der Waals surface area contributed by atoms with Crippen molar-refractivity contribution in [1.29, 1.82) is 0 Å². The van der Waals surface area contributed by atoms with Gasteiger partial charge in [-0.15, -0.1) is 0 Å². The van der Waals surface area contributed by atoms with Crippen molar-refractivity contribution in [3.8, 4) is 0 Å². The summed E-state index contributed by atoms with van der Waals surface area (Å²) in [6.45, 7) is 8.77. The molecular weight excluding hydrogens is 298 g/mol. The van der Waals surface area contributed by atoms with Crippen LogP contribution in [0.15, 0.2) is 0 Å². The maximum atomic E-state index is 4.68. The van der Waals surface area contributed by atoms with Crippen molar-refractivity contribution in [3.05, 3.63) is 5.82 Å². The summed E-state index contributed by atoms with van der Waals surface area (Å²) in [6, 6.07) is 0. The van der Waals surface area contributed by atoms with Crippen molar-refractivity contribution >= 4 is 32.6 Å². The van der Waals surface area contributed by atoms with Gasteiger partial charge in [-0.3, -0.25) is 0 Å². The molecule has 1 aliphatic rings. The third-order valence-corrected chi connectivity index (χ3v) is 4.39. The second-order valence-corrected chi connectivity index (χ2v) is 7.25. The lowest BCUT2D eigenvalue weighted by atomic mass is 9.96. The molecule has 0 N–H and O–H groups in total. The average molecular weight is 318 g/mol. The van der Waals surface area contributed by atoms with E-state index in [4.69, 9.17) is 0 Å². The summed E-state index contributed by atoms with van der Waals surface area (Å²) in [5.41, 5.74) is 0.0593. The summed E-state index contributed by atoms with van der Waals surface area (Å²) in [5.74, 6) is 1.79. The Balaban J connectivity index is 2.02. The van der Waals surface area contributed by atoms with E-state index in [9.17, 15) is 0 Å². The molecule has 1 aromatic rings. The van der Waals surface area contributed by atoms with Crippen LogP contribution in [0, 0.1) is 5.92 Å². The van der Waals surface area contributed by atoms with E-state index >= 15 is 0 Å². The van der Waals surface area contributed by atoms with Crippen LogP contribution in [0.5, 0.6) is 0 Å². The monoisotopic (exact) mass is 317 g/mol. The molecule has 1 saturated heterocycles. The normalized spacial score (nSPS) is 21.2. The molecule has 3 nitrogen and oxygen atoms in total. The van der Waals surface area contributed by atoms with Crippen molar-refractivity contribution < 1.29 is 0 Å². The fourth-order valence-corrected chi connectivity index (χ4v) is 3.58. The first-order chi connectivity index (χ1) is 8.00. The molecule has 1 fully saturated rings. The summed E-state index contributed by atoms with van der Waals surface area (Å²) in [7, 11) is 0. The van der Waals surface area contributed by atoms with E-state index in [1.807, 2.05) is 0 Å². The van der Waals surface area contributed by atoms with E-state index in [0.29, 0.717) is 0 Å². The van der Waals surface area contributed by atoms with E-state index in [2.05, 4.69) is 51.0 Å². The Hall–Kier alpha value is -0.160. The molecule has 17 heavy (non-hydrogen) atoms. The summed E-state index contributed by atoms with van der Waals surface area (Å²) < 4.78 is 4.48. The minimum absolute atomic E-state index is 0.0593. The van der Waals surface area contributed by atoms with Gasteiger partial charge in [-0.2, -0.15) is 4.37 Å². The lowest BCUT2D eigenvalue weighted by Crippen LogP contribution is -2.20. The molecule has 0 radical (unpaired) electrons. The first-order valence-electron chi connectivity index (χ1n) is 6.16. The van der Waals surface area contributed by atoms with E-state index in [-0.39, 0.29) is 5.41 Å². The van der Waals surface area contributed by atoms with E-state index < -0.39 is 0 Å². The van der Waals surface area contributed by atoms with E-state index in [0.717, 1.165) is 35.3 Å². The third-order valence-electron chi connectivity index (χ3n) is 3.16. The van der Waals surface area contributed by atoms with Gasteiger partial charge >= 0.3 is 0 Å². The minimum Gasteiger partial charge on any atom is -0.347 e. The van der Waals surface area contributed by atoms with Crippen molar-refractivity contribution in [3.63, 3.8) is 0 Å². The maximum Gasteiger partial charge on any atom is 0.205 e.